The minimum absolute atomic E-state index is 0.0783. The van der Waals surface area contributed by atoms with Crippen LogP contribution >= 0.6 is 15.9 Å². The SMILES string of the molecule is COC(=O)c1cc(S(=O)(=O)Nc2ccc(C#N)cc2)ccc1Br. The van der Waals surface area contributed by atoms with E-state index in [0.29, 0.717) is 15.7 Å². The van der Waals surface area contributed by atoms with Crippen LogP contribution in [0.2, 0.25) is 0 Å². The summed E-state index contributed by atoms with van der Waals surface area (Å²) >= 11 is 3.17. The Hall–Kier alpha value is -2.37. The Bertz CT molecular complexity index is 887. The van der Waals surface area contributed by atoms with Crippen LogP contribution in [-0.2, 0) is 14.8 Å². The number of nitrogens with one attached hydrogen (secondary N) is 1. The number of anilines is 1. The first-order valence-corrected chi connectivity index (χ1v) is 8.56. The maximum absolute atomic E-state index is 12.4. The standard InChI is InChI=1S/C15H11BrN2O4S/c1-22-15(19)13-8-12(6-7-14(13)16)23(20,21)18-11-4-2-10(9-17)3-5-11/h2-8,18H,1H3. The number of hydrogen-bond acceptors (Lipinski definition) is 5. The van der Waals surface area contributed by atoms with E-state index >= 15 is 0 Å². The van der Waals surface area contributed by atoms with Crippen LogP contribution in [0, 0.1) is 11.3 Å². The Balaban J connectivity index is 2.35. The van der Waals surface area contributed by atoms with Crippen molar-refractivity contribution in [3.05, 3.63) is 58.1 Å². The number of rotatable bonds is 4. The number of nitrogens with zero attached hydrogens (tertiary/aromatic N) is 1. The van der Waals surface area contributed by atoms with Crippen molar-refractivity contribution in [2.45, 2.75) is 4.90 Å². The van der Waals surface area contributed by atoms with E-state index in [1.54, 1.807) is 0 Å². The molecule has 2 aromatic rings. The van der Waals surface area contributed by atoms with Gasteiger partial charge in [-0.15, -0.1) is 0 Å². The highest BCUT2D eigenvalue weighted by atomic mass is 79.9. The van der Waals surface area contributed by atoms with Crippen molar-refractivity contribution in [2.75, 3.05) is 11.8 Å². The average molecular weight is 395 g/mol. The lowest BCUT2D eigenvalue weighted by Crippen LogP contribution is -2.14. The van der Waals surface area contributed by atoms with E-state index in [-0.39, 0.29) is 10.5 Å². The predicted molar refractivity (Wildman–Crippen MR) is 87.4 cm³/mol. The fraction of sp³-hybridized carbons (Fsp3) is 0.0667. The van der Waals surface area contributed by atoms with Crippen LogP contribution < -0.4 is 4.72 Å². The number of methoxy groups -OCH3 is 1. The number of sulfonamides is 1. The Morgan fingerprint density at radius 1 is 1.22 bits per heavy atom. The van der Waals surface area contributed by atoms with Crippen molar-refractivity contribution in [1.82, 2.24) is 0 Å². The van der Waals surface area contributed by atoms with Crippen molar-refractivity contribution >= 4 is 37.6 Å². The highest BCUT2D eigenvalue weighted by Crippen LogP contribution is 2.23. The van der Waals surface area contributed by atoms with Gasteiger partial charge in [-0.1, -0.05) is 0 Å². The molecule has 0 aliphatic rings. The zero-order chi connectivity index (χ0) is 17.0. The van der Waals surface area contributed by atoms with Crippen LogP contribution in [0.1, 0.15) is 15.9 Å². The largest absolute Gasteiger partial charge is 0.465 e. The fourth-order valence-electron chi connectivity index (χ4n) is 1.76. The fourth-order valence-corrected chi connectivity index (χ4v) is 3.26. The molecule has 0 saturated carbocycles. The second-order valence-electron chi connectivity index (χ2n) is 4.43. The zero-order valence-corrected chi connectivity index (χ0v) is 14.3. The third-order valence-electron chi connectivity index (χ3n) is 2.92. The third kappa shape index (κ3) is 3.88. The number of nitriles is 1. The topological polar surface area (TPSA) is 96.3 Å². The molecule has 118 valence electrons. The van der Waals surface area contributed by atoms with Gasteiger partial charge in [0, 0.05) is 10.2 Å². The molecule has 1 N–H and O–H groups in total. The summed E-state index contributed by atoms with van der Waals surface area (Å²) < 4.78 is 32.2. The molecular formula is C15H11BrN2O4S. The predicted octanol–water partition coefficient (Wildman–Crippen LogP) is 2.91. The molecule has 0 amide bonds. The summed E-state index contributed by atoms with van der Waals surface area (Å²) in [4.78, 5) is 11.6. The molecule has 0 aromatic heterocycles. The second-order valence-corrected chi connectivity index (χ2v) is 6.96. The van der Waals surface area contributed by atoms with Gasteiger partial charge in [-0.3, -0.25) is 4.72 Å². The van der Waals surface area contributed by atoms with Crippen LogP contribution in [-0.4, -0.2) is 21.5 Å². The molecule has 0 heterocycles. The van der Waals surface area contributed by atoms with Crippen LogP contribution in [0.4, 0.5) is 5.69 Å². The summed E-state index contributed by atoms with van der Waals surface area (Å²) in [7, 11) is -2.66. The van der Waals surface area contributed by atoms with Crippen molar-refractivity contribution in [3.8, 4) is 6.07 Å². The summed E-state index contributed by atoms with van der Waals surface area (Å²) in [6.07, 6.45) is 0. The average Bonchev–Trinajstić information content (AvgIpc) is 2.54. The summed E-state index contributed by atoms with van der Waals surface area (Å²) in [5.41, 5.74) is 0.839. The molecular weight excluding hydrogens is 384 g/mol. The molecule has 0 fully saturated rings. The molecule has 0 radical (unpaired) electrons. The molecule has 0 saturated heterocycles. The number of carbonyl (C=O) groups excluding carboxylic acids is 1. The highest BCUT2D eigenvalue weighted by Gasteiger charge is 2.19. The lowest BCUT2D eigenvalue weighted by Gasteiger charge is -2.10. The first-order chi connectivity index (χ1) is 10.9. The maximum Gasteiger partial charge on any atom is 0.339 e. The van der Waals surface area contributed by atoms with Gasteiger partial charge in [0.25, 0.3) is 10.0 Å². The smallest absolute Gasteiger partial charge is 0.339 e. The molecule has 0 atom stereocenters. The highest BCUT2D eigenvalue weighted by molar-refractivity contribution is 9.10. The quantitative estimate of drug-likeness (QED) is 0.804. The lowest BCUT2D eigenvalue weighted by atomic mass is 10.2. The number of hydrogen-bond donors (Lipinski definition) is 1. The van der Waals surface area contributed by atoms with E-state index in [9.17, 15) is 13.2 Å². The van der Waals surface area contributed by atoms with E-state index in [1.165, 1.54) is 49.6 Å². The molecule has 2 aromatic carbocycles. The minimum Gasteiger partial charge on any atom is -0.465 e. The van der Waals surface area contributed by atoms with Crippen LogP contribution in [0.5, 0.6) is 0 Å². The molecule has 0 aliphatic heterocycles. The number of esters is 1. The van der Waals surface area contributed by atoms with Crippen molar-refractivity contribution in [2.24, 2.45) is 0 Å². The van der Waals surface area contributed by atoms with Crippen LogP contribution in [0.25, 0.3) is 0 Å². The van der Waals surface area contributed by atoms with E-state index in [0.717, 1.165) is 0 Å². The van der Waals surface area contributed by atoms with Crippen molar-refractivity contribution in [1.29, 1.82) is 5.26 Å². The first kappa shape index (κ1) is 17.0. The molecule has 8 heteroatoms. The van der Waals surface area contributed by atoms with Gasteiger partial charge >= 0.3 is 5.97 Å². The number of benzene rings is 2. The Kier molecular flexibility index (Phi) is 5.03. The molecule has 0 spiro atoms. The maximum atomic E-state index is 12.4. The zero-order valence-electron chi connectivity index (χ0n) is 11.9. The summed E-state index contributed by atoms with van der Waals surface area (Å²) in [5, 5.41) is 8.73. The third-order valence-corrected chi connectivity index (χ3v) is 4.99. The van der Waals surface area contributed by atoms with E-state index in [1.807, 2.05) is 6.07 Å². The Morgan fingerprint density at radius 2 is 1.87 bits per heavy atom. The van der Waals surface area contributed by atoms with Gasteiger partial charge in [-0.05, 0) is 58.4 Å². The number of ether oxygens (including phenoxy) is 1. The molecule has 2 rings (SSSR count). The van der Waals surface area contributed by atoms with Gasteiger partial charge in [0.05, 0.1) is 29.2 Å². The molecule has 0 unspecified atom stereocenters. The van der Waals surface area contributed by atoms with Gasteiger partial charge in [-0.2, -0.15) is 5.26 Å². The van der Waals surface area contributed by atoms with E-state index in [2.05, 4.69) is 25.4 Å². The first-order valence-electron chi connectivity index (χ1n) is 6.28. The van der Waals surface area contributed by atoms with Gasteiger partial charge in [0.2, 0.25) is 0 Å². The Morgan fingerprint density at radius 3 is 2.43 bits per heavy atom. The number of carbonyl (C=O) groups is 1. The monoisotopic (exact) mass is 394 g/mol. The summed E-state index contributed by atoms with van der Waals surface area (Å²) in [6, 6.07) is 12.0. The summed E-state index contributed by atoms with van der Waals surface area (Å²) in [5.74, 6) is -0.646. The molecule has 0 bridgehead atoms. The summed E-state index contributed by atoms with van der Waals surface area (Å²) in [6.45, 7) is 0. The van der Waals surface area contributed by atoms with Crippen LogP contribution in [0.3, 0.4) is 0 Å². The van der Waals surface area contributed by atoms with Gasteiger partial charge in [0.1, 0.15) is 0 Å². The molecule has 6 nitrogen and oxygen atoms in total. The van der Waals surface area contributed by atoms with Gasteiger partial charge < -0.3 is 4.74 Å². The normalized spacial score (nSPS) is 10.7. The Labute approximate surface area is 141 Å². The lowest BCUT2D eigenvalue weighted by molar-refractivity contribution is 0.0599. The van der Waals surface area contributed by atoms with E-state index in [4.69, 9.17) is 5.26 Å². The van der Waals surface area contributed by atoms with Crippen molar-refractivity contribution < 1.29 is 17.9 Å². The minimum atomic E-state index is -3.88. The molecule has 23 heavy (non-hydrogen) atoms. The molecule has 0 aliphatic carbocycles. The second kappa shape index (κ2) is 6.81. The number of halogens is 1. The van der Waals surface area contributed by atoms with Gasteiger partial charge in [-0.25, -0.2) is 13.2 Å². The van der Waals surface area contributed by atoms with Gasteiger partial charge in [0.15, 0.2) is 0 Å². The van der Waals surface area contributed by atoms with Crippen molar-refractivity contribution in [3.63, 3.8) is 0 Å². The van der Waals surface area contributed by atoms with Crippen LogP contribution in [0.15, 0.2) is 51.8 Å². The van der Waals surface area contributed by atoms with E-state index < -0.39 is 16.0 Å².